The highest BCUT2D eigenvalue weighted by Crippen LogP contribution is 2.38. The molecule has 3 rings (SSSR count). The maximum absolute atomic E-state index is 13.7. The number of piperidine rings is 1. The summed E-state index contributed by atoms with van der Waals surface area (Å²) in [7, 11) is -4.21. The van der Waals surface area contributed by atoms with Crippen LogP contribution in [0, 0.1) is 29.1 Å². The number of halogens is 3. The third-order valence-corrected chi connectivity index (χ3v) is 6.86. The largest absolute Gasteiger partial charge is 0.436 e. The van der Waals surface area contributed by atoms with Crippen molar-refractivity contribution in [1.82, 2.24) is 19.5 Å². The number of hydrogen-bond acceptors (Lipinski definition) is 7. The highest BCUT2D eigenvalue weighted by atomic mass is 32.2. The second-order valence-electron chi connectivity index (χ2n) is 9.40. The number of nitriles is 1. The van der Waals surface area contributed by atoms with Gasteiger partial charge in [0.25, 0.3) is 10.0 Å². The summed E-state index contributed by atoms with van der Waals surface area (Å²) in [5.74, 6) is -0.505. The van der Waals surface area contributed by atoms with E-state index in [1.54, 1.807) is 24.8 Å². The van der Waals surface area contributed by atoms with Gasteiger partial charge in [0, 0.05) is 25.7 Å². The van der Waals surface area contributed by atoms with E-state index in [2.05, 4.69) is 10.1 Å². The molecule has 13 heteroatoms. The van der Waals surface area contributed by atoms with Gasteiger partial charge in [-0.15, -0.1) is 0 Å². The van der Waals surface area contributed by atoms with Crippen LogP contribution < -0.4 is 9.62 Å². The van der Waals surface area contributed by atoms with Gasteiger partial charge in [-0.05, 0) is 36.3 Å². The lowest BCUT2D eigenvalue weighted by atomic mass is 9.91. The zero-order valence-corrected chi connectivity index (χ0v) is 20.6. The average Bonchev–Trinajstić information content (AvgIpc) is 3.12. The minimum atomic E-state index is -4.87. The van der Waals surface area contributed by atoms with Crippen LogP contribution in [0.3, 0.4) is 0 Å². The van der Waals surface area contributed by atoms with Crippen molar-refractivity contribution in [1.29, 1.82) is 5.26 Å². The van der Waals surface area contributed by atoms with E-state index >= 15 is 0 Å². The molecule has 0 radical (unpaired) electrons. The molecule has 0 spiro atoms. The number of amides is 1. The molecule has 1 amide bonds. The first-order chi connectivity index (χ1) is 16.2. The minimum Gasteiger partial charge on any atom is -0.355 e. The number of rotatable bonds is 6. The van der Waals surface area contributed by atoms with Gasteiger partial charge in [0.1, 0.15) is 16.5 Å². The van der Waals surface area contributed by atoms with E-state index in [9.17, 15) is 31.6 Å². The fourth-order valence-corrected chi connectivity index (χ4v) is 5.22. The van der Waals surface area contributed by atoms with Gasteiger partial charge in [0.2, 0.25) is 5.91 Å². The topological polar surface area (TPSA) is 121 Å². The number of hydrogen-bond donors (Lipinski definition) is 1. The summed E-state index contributed by atoms with van der Waals surface area (Å²) in [5.41, 5.74) is -1.95. The van der Waals surface area contributed by atoms with Gasteiger partial charge in [-0.2, -0.15) is 28.2 Å². The fourth-order valence-electron chi connectivity index (χ4n) is 4.28. The zero-order chi connectivity index (χ0) is 26.1. The molecule has 0 saturated carbocycles. The fraction of sp³-hybridized carbons (Fsp3) is 0.545. The molecule has 2 aromatic rings. The number of pyridine rings is 1. The molecule has 2 aromatic heterocycles. The number of alkyl halides is 3. The quantitative estimate of drug-likeness (QED) is 0.629. The summed E-state index contributed by atoms with van der Waals surface area (Å²) in [6, 6.07) is 3.96. The van der Waals surface area contributed by atoms with Crippen molar-refractivity contribution in [3.8, 4) is 11.9 Å². The minimum absolute atomic E-state index is 0.00518. The highest BCUT2D eigenvalue weighted by Gasteiger charge is 2.42. The Balaban J connectivity index is 2.05. The van der Waals surface area contributed by atoms with Crippen molar-refractivity contribution in [2.45, 2.75) is 51.6 Å². The summed E-state index contributed by atoms with van der Waals surface area (Å²) in [5, 5.41) is 13.3. The van der Waals surface area contributed by atoms with Crippen LogP contribution in [0.25, 0.3) is 5.82 Å². The Bertz CT molecular complexity index is 1220. The predicted octanol–water partition coefficient (Wildman–Crippen LogP) is 3.49. The molecule has 35 heavy (non-hydrogen) atoms. The van der Waals surface area contributed by atoms with Crippen LogP contribution in [-0.4, -0.2) is 42.2 Å². The van der Waals surface area contributed by atoms with E-state index in [0.717, 1.165) is 23.4 Å². The van der Waals surface area contributed by atoms with Crippen LogP contribution in [-0.2, 0) is 21.0 Å². The summed E-state index contributed by atoms with van der Waals surface area (Å²) in [4.78, 5) is 17.3. The van der Waals surface area contributed by atoms with Crippen LogP contribution in [0.5, 0.6) is 0 Å². The lowest BCUT2D eigenvalue weighted by molar-refractivity contribution is -0.141. The molecule has 3 heterocycles. The lowest BCUT2D eigenvalue weighted by Crippen LogP contribution is -2.40. The number of nitrogens with zero attached hydrogens (tertiary/aromatic N) is 5. The number of aromatic nitrogens is 3. The lowest BCUT2D eigenvalue weighted by Gasteiger charge is -2.36. The molecule has 1 fully saturated rings. The molecular formula is C22H27F3N6O3S. The van der Waals surface area contributed by atoms with Crippen LogP contribution in [0.1, 0.15) is 51.8 Å². The van der Waals surface area contributed by atoms with Gasteiger partial charge < -0.3 is 4.90 Å². The van der Waals surface area contributed by atoms with Crippen molar-refractivity contribution < 1.29 is 26.4 Å². The Kier molecular flexibility index (Phi) is 7.45. The predicted molar refractivity (Wildman–Crippen MR) is 121 cm³/mol. The second kappa shape index (κ2) is 9.85. The first-order valence-corrected chi connectivity index (χ1v) is 12.6. The maximum atomic E-state index is 13.7. The molecule has 1 N–H and O–H groups in total. The molecule has 0 aliphatic carbocycles. The molecule has 1 aliphatic rings. The highest BCUT2D eigenvalue weighted by molar-refractivity contribution is 7.90. The molecular weight excluding hydrogens is 485 g/mol. The monoisotopic (exact) mass is 512 g/mol. The van der Waals surface area contributed by atoms with Crippen molar-refractivity contribution in [2.24, 2.45) is 17.8 Å². The number of anilines is 1. The van der Waals surface area contributed by atoms with Crippen LogP contribution in [0.4, 0.5) is 19.0 Å². The van der Waals surface area contributed by atoms with Gasteiger partial charge in [-0.25, -0.2) is 18.1 Å². The van der Waals surface area contributed by atoms with Gasteiger partial charge in [-0.1, -0.05) is 27.7 Å². The Hall–Kier alpha value is -3.14. The first kappa shape index (κ1) is 26.5. The van der Waals surface area contributed by atoms with Crippen LogP contribution >= 0.6 is 0 Å². The zero-order valence-electron chi connectivity index (χ0n) is 19.8. The Morgan fingerprint density at radius 1 is 1.26 bits per heavy atom. The van der Waals surface area contributed by atoms with Crippen molar-refractivity contribution in [2.75, 3.05) is 18.0 Å². The number of sulfonamides is 1. The number of carbonyl (C=O) groups is 1. The van der Waals surface area contributed by atoms with Gasteiger partial charge in [0.15, 0.2) is 17.3 Å². The number of nitrogens with one attached hydrogen (secondary N) is 1. The van der Waals surface area contributed by atoms with E-state index < -0.39 is 33.4 Å². The van der Waals surface area contributed by atoms with E-state index in [1.165, 1.54) is 6.07 Å². The molecule has 1 aliphatic heterocycles. The molecule has 2 atom stereocenters. The van der Waals surface area contributed by atoms with Crippen molar-refractivity contribution >= 4 is 21.7 Å². The third-order valence-electron chi connectivity index (χ3n) is 5.50. The summed E-state index contributed by atoms with van der Waals surface area (Å²) < 4.78 is 69.0. The molecule has 0 bridgehead atoms. The molecule has 2 unspecified atom stereocenters. The van der Waals surface area contributed by atoms with Crippen LogP contribution in [0.15, 0.2) is 23.2 Å². The Labute approximate surface area is 202 Å². The smallest absolute Gasteiger partial charge is 0.355 e. The molecule has 190 valence electrons. The Morgan fingerprint density at radius 2 is 1.89 bits per heavy atom. The summed E-state index contributed by atoms with van der Waals surface area (Å²) >= 11 is 0. The average molecular weight is 513 g/mol. The number of carbonyl (C=O) groups excluding carboxylic acids is 1. The normalized spacial score (nSPS) is 19.0. The molecule has 0 aromatic carbocycles. The van der Waals surface area contributed by atoms with Gasteiger partial charge in [-0.3, -0.25) is 4.79 Å². The van der Waals surface area contributed by atoms with E-state index in [-0.39, 0.29) is 40.7 Å². The van der Waals surface area contributed by atoms with Crippen molar-refractivity contribution in [3.05, 3.63) is 29.6 Å². The third kappa shape index (κ3) is 5.93. The first-order valence-electron chi connectivity index (χ1n) is 11.1. The van der Waals surface area contributed by atoms with E-state index in [4.69, 9.17) is 0 Å². The van der Waals surface area contributed by atoms with Gasteiger partial charge >= 0.3 is 6.18 Å². The second-order valence-corrected chi connectivity index (χ2v) is 11.1. The standard InChI is InChI=1S/C22H27F3N6O3S/c1-13(2)7-19(32)29-35(33,34)16-5-6-18(27-10-16)31-21(30-11-14(3)8-15(4)12-30)17(9-26)20(28-31)22(23,24)25/h5-6,10,13-15H,7-8,11-12H2,1-4H3,(H,29,32). The SMILES string of the molecule is CC(C)CC(=O)NS(=O)(=O)c1ccc(-n2nc(C(F)(F)F)c(C#N)c2N2CC(C)CC(C)C2)nc1. The van der Waals surface area contributed by atoms with E-state index in [1.807, 2.05) is 18.6 Å². The van der Waals surface area contributed by atoms with E-state index in [0.29, 0.717) is 13.1 Å². The maximum Gasteiger partial charge on any atom is 0.436 e. The molecule has 1 saturated heterocycles. The summed E-state index contributed by atoms with van der Waals surface area (Å²) in [6.07, 6.45) is -3.04. The summed E-state index contributed by atoms with van der Waals surface area (Å²) in [6.45, 7) is 8.33. The van der Waals surface area contributed by atoms with Gasteiger partial charge in [0.05, 0.1) is 0 Å². The van der Waals surface area contributed by atoms with Crippen LogP contribution in [0.2, 0.25) is 0 Å². The van der Waals surface area contributed by atoms with Crippen molar-refractivity contribution in [3.63, 3.8) is 0 Å². The Morgan fingerprint density at radius 3 is 2.37 bits per heavy atom. The molecule has 9 nitrogen and oxygen atoms in total.